The van der Waals surface area contributed by atoms with Gasteiger partial charge in [-0.1, -0.05) is 41.4 Å². The topological polar surface area (TPSA) is 35.2 Å². The van der Waals surface area contributed by atoms with Gasteiger partial charge in [0.15, 0.2) is 0 Å². The van der Waals surface area contributed by atoms with Gasteiger partial charge in [0.2, 0.25) is 0 Å². The third kappa shape index (κ3) is 3.63. The summed E-state index contributed by atoms with van der Waals surface area (Å²) in [7, 11) is 0. The number of benzene rings is 2. The quantitative estimate of drug-likeness (QED) is 0.908. The molecule has 2 rings (SSSR count). The number of nitrogens with two attached hydrogens (primary N) is 1. The first kappa shape index (κ1) is 14.2. The van der Waals surface area contributed by atoms with Crippen molar-refractivity contribution in [1.29, 1.82) is 0 Å². The largest absolute Gasteiger partial charge is 0.483 e. The molecule has 0 saturated carbocycles. The summed E-state index contributed by atoms with van der Waals surface area (Å²) in [5.41, 5.74) is 7.80. The minimum atomic E-state index is -0.265. The molecule has 2 nitrogen and oxygen atoms in total. The third-order valence-corrected chi connectivity index (χ3v) is 3.32. The number of hydrogen-bond acceptors (Lipinski definition) is 2. The number of hydrogen-bond donors (Lipinski definition) is 1. The van der Waals surface area contributed by atoms with Crippen LogP contribution in [0.3, 0.4) is 0 Å². The lowest BCUT2D eigenvalue weighted by Gasteiger charge is -2.19. The monoisotopic (exact) mass is 295 g/mol. The van der Waals surface area contributed by atoms with E-state index in [1.807, 2.05) is 49.4 Å². The van der Waals surface area contributed by atoms with Gasteiger partial charge in [-0.2, -0.15) is 0 Å². The highest BCUT2D eigenvalue weighted by Gasteiger charge is 2.13. The maximum Gasteiger partial charge on any atom is 0.138 e. The Morgan fingerprint density at radius 2 is 1.95 bits per heavy atom. The summed E-state index contributed by atoms with van der Waals surface area (Å²) in [6.07, 6.45) is -0.265. The highest BCUT2D eigenvalue weighted by atomic mass is 35.5. The summed E-state index contributed by atoms with van der Waals surface area (Å²) < 4.78 is 5.87. The number of rotatable bonds is 4. The summed E-state index contributed by atoms with van der Waals surface area (Å²) in [5, 5.41) is 1.25. The normalized spacial score (nSPS) is 12.2. The van der Waals surface area contributed by atoms with Crippen LogP contribution in [-0.4, -0.2) is 6.54 Å². The Balaban J connectivity index is 2.24. The van der Waals surface area contributed by atoms with Crippen LogP contribution in [0.5, 0.6) is 5.75 Å². The summed E-state index contributed by atoms with van der Waals surface area (Å²) in [4.78, 5) is 0. The summed E-state index contributed by atoms with van der Waals surface area (Å²) in [6.45, 7) is 2.33. The lowest BCUT2D eigenvalue weighted by molar-refractivity contribution is 0.214. The summed E-state index contributed by atoms with van der Waals surface area (Å²) in [5.74, 6) is 0.627. The summed E-state index contributed by atoms with van der Waals surface area (Å²) in [6, 6.07) is 13.1. The van der Waals surface area contributed by atoms with Crippen LogP contribution in [0.15, 0.2) is 42.5 Å². The first-order valence-electron chi connectivity index (χ1n) is 5.98. The van der Waals surface area contributed by atoms with Crippen LogP contribution in [0, 0.1) is 6.92 Å². The second-order valence-corrected chi connectivity index (χ2v) is 5.17. The Morgan fingerprint density at radius 3 is 2.58 bits per heavy atom. The SMILES string of the molecule is Cc1ccc(OC(CN)c2cccc(Cl)c2)c(Cl)c1. The van der Waals surface area contributed by atoms with E-state index in [0.717, 1.165) is 11.1 Å². The van der Waals surface area contributed by atoms with Crippen molar-refractivity contribution in [2.75, 3.05) is 6.54 Å². The van der Waals surface area contributed by atoms with Crippen molar-refractivity contribution >= 4 is 23.2 Å². The van der Waals surface area contributed by atoms with Gasteiger partial charge in [0.25, 0.3) is 0 Å². The molecule has 0 spiro atoms. The molecule has 0 radical (unpaired) electrons. The van der Waals surface area contributed by atoms with Crippen molar-refractivity contribution in [3.63, 3.8) is 0 Å². The fraction of sp³-hybridized carbons (Fsp3) is 0.200. The van der Waals surface area contributed by atoms with Gasteiger partial charge < -0.3 is 10.5 Å². The van der Waals surface area contributed by atoms with Crippen LogP contribution >= 0.6 is 23.2 Å². The molecular formula is C15H15Cl2NO. The maximum absolute atomic E-state index is 6.16. The minimum Gasteiger partial charge on any atom is -0.483 e. The molecule has 0 aromatic heterocycles. The van der Waals surface area contributed by atoms with E-state index in [1.54, 1.807) is 0 Å². The van der Waals surface area contributed by atoms with Crippen LogP contribution in [0.4, 0.5) is 0 Å². The molecule has 0 aliphatic carbocycles. The van der Waals surface area contributed by atoms with Crippen molar-refractivity contribution in [3.8, 4) is 5.75 Å². The van der Waals surface area contributed by atoms with E-state index in [2.05, 4.69) is 0 Å². The van der Waals surface area contributed by atoms with E-state index in [9.17, 15) is 0 Å². The fourth-order valence-corrected chi connectivity index (χ4v) is 2.29. The molecule has 0 amide bonds. The highest BCUT2D eigenvalue weighted by molar-refractivity contribution is 6.32. The van der Waals surface area contributed by atoms with E-state index in [1.165, 1.54) is 0 Å². The molecule has 2 N–H and O–H groups in total. The van der Waals surface area contributed by atoms with E-state index in [-0.39, 0.29) is 6.10 Å². The first-order chi connectivity index (χ1) is 9.10. The average Bonchev–Trinajstić information content (AvgIpc) is 2.38. The fourth-order valence-electron chi connectivity index (χ4n) is 1.81. The van der Waals surface area contributed by atoms with Gasteiger partial charge in [-0.25, -0.2) is 0 Å². The van der Waals surface area contributed by atoms with Crippen molar-refractivity contribution in [3.05, 3.63) is 63.6 Å². The van der Waals surface area contributed by atoms with Crippen molar-refractivity contribution in [2.45, 2.75) is 13.0 Å². The molecule has 0 heterocycles. The Bertz CT molecular complexity index is 572. The molecule has 0 saturated heterocycles. The Morgan fingerprint density at radius 1 is 1.16 bits per heavy atom. The van der Waals surface area contributed by atoms with E-state index < -0.39 is 0 Å². The van der Waals surface area contributed by atoms with E-state index in [0.29, 0.717) is 22.3 Å². The zero-order valence-electron chi connectivity index (χ0n) is 10.6. The minimum absolute atomic E-state index is 0.265. The van der Waals surface area contributed by atoms with Crippen molar-refractivity contribution < 1.29 is 4.74 Å². The average molecular weight is 296 g/mol. The zero-order valence-corrected chi connectivity index (χ0v) is 12.1. The smallest absolute Gasteiger partial charge is 0.138 e. The molecule has 100 valence electrons. The second kappa shape index (κ2) is 6.29. The van der Waals surface area contributed by atoms with Gasteiger partial charge in [0, 0.05) is 11.6 Å². The Kier molecular flexibility index (Phi) is 4.70. The van der Waals surface area contributed by atoms with Gasteiger partial charge in [0.1, 0.15) is 11.9 Å². The second-order valence-electron chi connectivity index (χ2n) is 4.33. The van der Waals surface area contributed by atoms with Crippen LogP contribution < -0.4 is 10.5 Å². The molecule has 0 bridgehead atoms. The van der Waals surface area contributed by atoms with E-state index in [4.69, 9.17) is 33.7 Å². The predicted molar refractivity (Wildman–Crippen MR) is 80.1 cm³/mol. The van der Waals surface area contributed by atoms with Crippen LogP contribution in [0.1, 0.15) is 17.2 Å². The Labute approximate surface area is 123 Å². The van der Waals surface area contributed by atoms with Gasteiger partial charge in [0.05, 0.1) is 5.02 Å². The number of halogens is 2. The molecule has 0 aliphatic rings. The molecule has 1 unspecified atom stereocenters. The zero-order chi connectivity index (χ0) is 13.8. The molecule has 2 aromatic carbocycles. The third-order valence-electron chi connectivity index (χ3n) is 2.79. The molecule has 1 atom stereocenters. The molecule has 19 heavy (non-hydrogen) atoms. The number of ether oxygens (including phenoxy) is 1. The Hall–Kier alpha value is -1.22. The van der Waals surface area contributed by atoms with Crippen LogP contribution in [0.2, 0.25) is 10.0 Å². The molecule has 0 aliphatic heterocycles. The predicted octanol–water partition coefficient (Wildman–Crippen LogP) is 4.38. The maximum atomic E-state index is 6.16. The van der Waals surface area contributed by atoms with E-state index >= 15 is 0 Å². The molecule has 0 fully saturated rings. The van der Waals surface area contributed by atoms with Crippen LogP contribution in [0.25, 0.3) is 0 Å². The highest BCUT2D eigenvalue weighted by Crippen LogP contribution is 2.30. The number of aryl methyl sites for hydroxylation is 1. The molecule has 4 heteroatoms. The lowest BCUT2D eigenvalue weighted by Crippen LogP contribution is -2.18. The van der Waals surface area contributed by atoms with Crippen LogP contribution in [-0.2, 0) is 0 Å². The van der Waals surface area contributed by atoms with Crippen molar-refractivity contribution in [2.24, 2.45) is 5.73 Å². The van der Waals surface area contributed by atoms with Gasteiger partial charge in [-0.3, -0.25) is 0 Å². The standard InChI is InChI=1S/C15H15Cl2NO/c1-10-5-6-14(13(17)7-10)19-15(9-18)11-3-2-4-12(16)8-11/h2-8,15H,9,18H2,1H3. The van der Waals surface area contributed by atoms with Gasteiger partial charge in [-0.15, -0.1) is 0 Å². The lowest BCUT2D eigenvalue weighted by atomic mass is 10.1. The molecule has 2 aromatic rings. The van der Waals surface area contributed by atoms with Crippen molar-refractivity contribution in [1.82, 2.24) is 0 Å². The van der Waals surface area contributed by atoms with Gasteiger partial charge >= 0.3 is 0 Å². The first-order valence-corrected chi connectivity index (χ1v) is 6.74. The van der Waals surface area contributed by atoms with Gasteiger partial charge in [-0.05, 0) is 42.3 Å². The molecular weight excluding hydrogens is 281 g/mol. The summed E-state index contributed by atoms with van der Waals surface area (Å²) >= 11 is 12.1.